The van der Waals surface area contributed by atoms with E-state index in [0.717, 1.165) is 41.8 Å². The number of carbonyl (C=O) groups is 2. The van der Waals surface area contributed by atoms with Crippen LogP contribution in [0.3, 0.4) is 0 Å². The monoisotopic (exact) mass is 597 g/mol. The Bertz CT molecular complexity index is 1510. The summed E-state index contributed by atoms with van der Waals surface area (Å²) >= 11 is 13.0. The van der Waals surface area contributed by atoms with E-state index in [1.807, 2.05) is 6.07 Å². The third-order valence-corrected chi connectivity index (χ3v) is 10.0. The van der Waals surface area contributed by atoms with Gasteiger partial charge < -0.3 is 10.2 Å². The summed E-state index contributed by atoms with van der Waals surface area (Å²) < 4.78 is 27.7. The lowest BCUT2D eigenvalue weighted by atomic mass is 9.73. The SMILES string of the molecule is CC(=O)C(CC1c2ccc(Cl)c(Cl)c2CCN1C(=O)c1ccc(F)cc1)N1CCC2(CC1)CNc1ccc(F)cc12. The maximum atomic E-state index is 14.1. The zero-order valence-electron chi connectivity index (χ0n) is 22.7. The molecular formula is C32H31Cl2F2N3O2. The van der Waals surface area contributed by atoms with E-state index < -0.39 is 17.9 Å². The third kappa shape index (κ3) is 5.13. The number of fused-ring (bicyclic) bond motifs is 3. The van der Waals surface area contributed by atoms with Gasteiger partial charge in [0.2, 0.25) is 0 Å². The van der Waals surface area contributed by atoms with Crippen LogP contribution in [0.4, 0.5) is 14.5 Å². The van der Waals surface area contributed by atoms with Crippen molar-refractivity contribution in [3.8, 4) is 0 Å². The number of amides is 1. The van der Waals surface area contributed by atoms with E-state index in [9.17, 15) is 18.4 Å². The number of benzene rings is 3. The minimum absolute atomic E-state index is 0.0262. The smallest absolute Gasteiger partial charge is 0.254 e. The predicted octanol–water partition coefficient (Wildman–Crippen LogP) is 6.82. The number of Topliss-reactive ketones (excluding diaryl/α,β-unsaturated/α-hetero) is 1. The van der Waals surface area contributed by atoms with Crippen LogP contribution in [0.5, 0.6) is 0 Å². The van der Waals surface area contributed by atoms with Crippen LogP contribution in [0, 0.1) is 11.6 Å². The highest BCUT2D eigenvalue weighted by molar-refractivity contribution is 6.42. The zero-order chi connectivity index (χ0) is 28.9. The van der Waals surface area contributed by atoms with Crippen molar-refractivity contribution in [2.75, 3.05) is 31.5 Å². The lowest BCUT2D eigenvalue weighted by molar-refractivity contribution is -0.123. The molecule has 0 bridgehead atoms. The molecule has 5 nitrogen and oxygen atoms in total. The van der Waals surface area contributed by atoms with Crippen molar-refractivity contribution in [2.45, 2.75) is 50.1 Å². The van der Waals surface area contributed by atoms with Crippen molar-refractivity contribution < 1.29 is 18.4 Å². The summed E-state index contributed by atoms with van der Waals surface area (Å²) in [6.07, 6.45) is 2.50. The van der Waals surface area contributed by atoms with Gasteiger partial charge in [-0.1, -0.05) is 29.3 Å². The van der Waals surface area contributed by atoms with Gasteiger partial charge in [0.05, 0.1) is 22.1 Å². The summed E-state index contributed by atoms with van der Waals surface area (Å²) in [5.74, 6) is -0.844. The summed E-state index contributed by atoms with van der Waals surface area (Å²) in [6.45, 7) is 4.10. The van der Waals surface area contributed by atoms with E-state index in [-0.39, 0.29) is 22.9 Å². The molecule has 9 heteroatoms. The number of hydrogen-bond acceptors (Lipinski definition) is 4. The molecule has 1 fully saturated rings. The Balaban J connectivity index is 1.29. The number of rotatable bonds is 5. The van der Waals surface area contributed by atoms with E-state index >= 15 is 0 Å². The first-order chi connectivity index (χ1) is 19.7. The fourth-order valence-corrected chi connectivity index (χ4v) is 7.39. The van der Waals surface area contributed by atoms with Gasteiger partial charge in [0, 0.05) is 29.8 Å². The Kier molecular flexibility index (Phi) is 7.55. The van der Waals surface area contributed by atoms with E-state index in [4.69, 9.17) is 23.2 Å². The highest BCUT2D eigenvalue weighted by Gasteiger charge is 2.44. The molecule has 0 saturated carbocycles. The van der Waals surface area contributed by atoms with Crippen LogP contribution in [-0.4, -0.2) is 53.7 Å². The second-order valence-electron chi connectivity index (χ2n) is 11.4. The molecule has 1 amide bonds. The molecule has 1 spiro atoms. The molecule has 1 N–H and O–H groups in total. The molecule has 0 aliphatic carbocycles. The summed E-state index contributed by atoms with van der Waals surface area (Å²) in [4.78, 5) is 30.9. The number of piperidine rings is 1. The maximum Gasteiger partial charge on any atom is 0.254 e. The number of ketones is 1. The largest absolute Gasteiger partial charge is 0.384 e. The number of carbonyl (C=O) groups excluding carboxylic acids is 2. The Morgan fingerprint density at radius 3 is 2.41 bits per heavy atom. The minimum Gasteiger partial charge on any atom is -0.384 e. The number of hydrogen-bond donors (Lipinski definition) is 1. The van der Waals surface area contributed by atoms with Gasteiger partial charge in [0.15, 0.2) is 0 Å². The Morgan fingerprint density at radius 2 is 1.71 bits per heavy atom. The molecule has 41 heavy (non-hydrogen) atoms. The molecule has 2 atom stereocenters. The van der Waals surface area contributed by atoms with Crippen molar-refractivity contribution in [1.82, 2.24) is 9.80 Å². The van der Waals surface area contributed by atoms with Crippen LogP contribution < -0.4 is 5.32 Å². The molecule has 214 valence electrons. The van der Waals surface area contributed by atoms with E-state index in [1.54, 1.807) is 30.0 Å². The topological polar surface area (TPSA) is 52.7 Å². The minimum atomic E-state index is -0.428. The van der Waals surface area contributed by atoms with Gasteiger partial charge in [-0.2, -0.15) is 0 Å². The van der Waals surface area contributed by atoms with Crippen LogP contribution >= 0.6 is 23.2 Å². The van der Waals surface area contributed by atoms with Gasteiger partial charge in [0.1, 0.15) is 17.4 Å². The molecule has 6 rings (SSSR count). The van der Waals surface area contributed by atoms with Crippen LogP contribution in [-0.2, 0) is 16.6 Å². The number of likely N-dealkylation sites (tertiary alicyclic amines) is 1. The first kappa shape index (κ1) is 28.1. The van der Waals surface area contributed by atoms with Gasteiger partial charge >= 0.3 is 0 Å². The van der Waals surface area contributed by atoms with Crippen LogP contribution in [0.2, 0.25) is 10.0 Å². The molecule has 0 radical (unpaired) electrons. The van der Waals surface area contributed by atoms with Crippen LogP contribution in [0.25, 0.3) is 0 Å². The molecular weight excluding hydrogens is 567 g/mol. The average molecular weight is 599 g/mol. The molecule has 0 aromatic heterocycles. The third-order valence-electron chi connectivity index (χ3n) is 9.20. The molecule has 3 aromatic carbocycles. The normalized spacial score (nSPS) is 20.3. The maximum absolute atomic E-state index is 14.1. The summed E-state index contributed by atoms with van der Waals surface area (Å²) in [6, 6.07) is 13.2. The van der Waals surface area contributed by atoms with Gasteiger partial charge in [-0.25, -0.2) is 8.78 Å². The Morgan fingerprint density at radius 1 is 1.00 bits per heavy atom. The van der Waals surface area contributed by atoms with Gasteiger partial charge in [-0.3, -0.25) is 14.5 Å². The highest BCUT2D eigenvalue weighted by atomic mass is 35.5. The van der Waals surface area contributed by atoms with E-state index in [0.29, 0.717) is 48.1 Å². The standard InChI is InChI=1S/C32H31Cl2F2N3O2/c1-19(40)28(38-14-11-32(12-15-38)18-37-27-9-6-22(36)16-25(27)32)17-29-23-7-8-26(33)30(34)24(23)10-13-39(29)31(41)20-2-4-21(35)5-3-20/h2-9,16,28-29,37H,10-15,17-18H2,1H3. The van der Waals surface area contributed by atoms with Crippen molar-refractivity contribution in [1.29, 1.82) is 0 Å². The predicted molar refractivity (Wildman–Crippen MR) is 157 cm³/mol. The summed E-state index contributed by atoms with van der Waals surface area (Å²) in [5, 5.41) is 4.36. The van der Waals surface area contributed by atoms with Crippen molar-refractivity contribution in [2.24, 2.45) is 0 Å². The van der Waals surface area contributed by atoms with Gasteiger partial charge in [-0.15, -0.1) is 0 Å². The lowest BCUT2D eigenvalue weighted by Crippen LogP contribution is -2.52. The van der Waals surface area contributed by atoms with Crippen molar-refractivity contribution in [3.05, 3.63) is 98.5 Å². The van der Waals surface area contributed by atoms with Crippen molar-refractivity contribution in [3.63, 3.8) is 0 Å². The Hall–Kier alpha value is -3.00. The highest BCUT2D eigenvalue weighted by Crippen LogP contribution is 2.46. The first-order valence-electron chi connectivity index (χ1n) is 14.0. The molecule has 3 aromatic rings. The molecule has 3 heterocycles. The number of nitrogens with one attached hydrogen (secondary N) is 1. The molecule has 1 saturated heterocycles. The molecule has 2 unspecified atom stereocenters. The molecule has 3 aliphatic rings. The average Bonchev–Trinajstić information content (AvgIpc) is 3.30. The van der Waals surface area contributed by atoms with Gasteiger partial charge in [-0.05, 0) is 111 Å². The van der Waals surface area contributed by atoms with Gasteiger partial charge in [0.25, 0.3) is 5.91 Å². The van der Waals surface area contributed by atoms with E-state index in [1.165, 1.54) is 30.3 Å². The Labute approximate surface area is 248 Å². The quantitative estimate of drug-likeness (QED) is 0.351. The van der Waals surface area contributed by atoms with E-state index in [2.05, 4.69) is 10.2 Å². The number of halogens is 4. The lowest BCUT2D eigenvalue weighted by Gasteiger charge is -2.45. The van der Waals surface area contributed by atoms with Crippen LogP contribution in [0.1, 0.15) is 59.3 Å². The number of anilines is 1. The first-order valence-corrected chi connectivity index (χ1v) is 14.7. The summed E-state index contributed by atoms with van der Waals surface area (Å²) in [5.41, 5.74) is 3.99. The molecule has 3 aliphatic heterocycles. The summed E-state index contributed by atoms with van der Waals surface area (Å²) in [7, 11) is 0. The fraction of sp³-hybridized carbons (Fsp3) is 0.375. The second-order valence-corrected chi connectivity index (χ2v) is 12.2. The fourth-order valence-electron chi connectivity index (χ4n) is 6.95. The van der Waals surface area contributed by atoms with Crippen LogP contribution in [0.15, 0.2) is 54.6 Å². The van der Waals surface area contributed by atoms with Crippen molar-refractivity contribution >= 4 is 40.6 Å². The number of nitrogens with zero attached hydrogens (tertiary/aromatic N) is 2. The second kappa shape index (κ2) is 11.0. The zero-order valence-corrected chi connectivity index (χ0v) is 24.2.